The summed E-state index contributed by atoms with van der Waals surface area (Å²) in [4.78, 5) is 12.1. The molecule has 0 heterocycles. The number of Topliss-reactive ketones (excluding diaryl/α,β-unsaturated/α-hetero) is 1. The molecule has 5 heteroatoms. The summed E-state index contributed by atoms with van der Waals surface area (Å²) in [6.07, 6.45) is -3.81. The van der Waals surface area contributed by atoms with Gasteiger partial charge in [-0.3, -0.25) is 0 Å². The fraction of sp³-hybridized carbons (Fsp3) is 0.889. The molecule has 84 valence electrons. The van der Waals surface area contributed by atoms with Gasteiger partial charge in [0.25, 0.3) is 0 Å². The van der Waals surface area contributed by atoms with Gasteiger partial charge >= 0.3 is 6.18 Å². The molecule has 2 nitrogen and oxygen atoms in total. The number of nitrogens with zero attached hydrogens (tertiary/aromatic N) is 1. The summed E-state index contributed by atoms with van der Waals surface area (Å²) in [5.41, 5.74) is 0. The topological polar surface area (TPSA) is 20.3 Å². The molecule has 0 saturated heterocycles. The molecule has 0 aliphatic carbocycles. The van der Waals surface area contributed by atoms with Crippen LogP contribution in [0.3, 0.4) is 0 Å². The Hall–Kier alpha value is -0.580. The quantitative estimate of drug-likeness (QED) is 0.671. The molecule has 0 N–H and O–H groups in total. The van der Waals surface area contributed by atoms with Crippen molar-refractivity contribution in [2.75, 3.05) is 20.1 Å². The highest BCUT2D eigenvalue weighted by atomic mass is 19.4. The third-order valence-corrected chi connectivity index (χ3v) is 1.85. The van der Waals surface area contributed by atoms with Crippen molar-refractivity contribution in [3.63, 3.8) is 0 Å². The van der Waals surface area contributed by atoms with Gasteiger partial charge in [-0.1, -0.05) is 0 Å². The molecule has 0 fully saturated rings. The van der Waals surface area contributed by atoms with E-state index in [1.807, 2.05) is 0 Å². The largest absolute Gasteiger partial charge is 0.390 e. The smallest absolute Gasteiger partial charge is 0.306 e. The lowest BCUT2D eigenvalue weighted by Crippen LogP contribution is -2.25. The summed E-state index contributed by atoms with van der Waals surface area (Å²) in [5, 5.41) is 0. The van der Waals surface area contributed by atoms with E-state index >= 15 is 0 Å². The second kappa shape index (κ2) is 6.01. The normalized spacial score (nSPS) is 12.1. The minimum atomic E-state index is -4.09. The van der Waals surface area contributed by atoms with Gasteiger partial charge in [0, 0.05) is 13.0 Å². The number of carbonyl (C=O) groups is 1. The standard InChI is InChI=1S/C9H16F3NO/c1-8(14)4-3-6-13(2)7-5-9(10,11)12/h3-7H2,1-2H3. The Morgan fingerprint density at radius 1 is 1.29 bits per heavy atom. The van der Waals surface area contributed by atoms with Crippen LogP contribution in [0.1, 0.15) is 26.2 Å². The van der Waals surface area contributed by atoms with E-state index in [4.69, 9.17) is 0 Å². The highest BCUT2D eigenvalue weighted by Crippen LogP contribution is 2.19. The number of hydrogen-bond acceptors (Lipinski definition) is 2. The molecule has 0 rings (SSSR count). The van der Waals surface area contributed by atoms with Crippen molar-refractivity contribution in [3.05, 3.63) is 0 Å². The van der Waals surface area contributed by atoms with E-state index < -0.39 is 12.6 Å². The zero-order chi connectivity index (χ0) is 11.2. The number of ketones is 1. The van der Waals surface area contributed by atoms with Crippen LogP contribution in [0.4, 0.5) is 13.2 Å². The minimum Gasteiger partial charge on any atom is -0.306 e. The molecular weight excluding hydrogens is 195 g/mol. The molecule has 0 aliphatic rings. The Morgan fingerprint density at radius 3 is 2.29 bits per heavy atom. The first-order valence-electron chi connectivity index (χ1n) is 4.56. The van der Waals surface area contributed by atoms with E-state index in [2.05, 4.69) is 0 Å². The van der Waals surface area contributed by atoms with Crippen molar-refractivity contribution in [1.29, 1.82) is 0 Å². The lowest BCUT2D eigenvalue weighted by molar-refractivity contribution is -0.137. The molecule has 0 amide bonds. The number of alkyl halides is 3. The predicted molar refractivity (Wildman–Crippen MR) is 48.1 cm³/mol. The monoisotopic (exact) mass is 211 g/mol. The third kappa shape index (κ3) is 9.51. The van der Waals surface area contributed by atoms with E-state index in [1.54, 1.807) is 11.9 Å². The van der Waals surface area contributed by atoms with Gasteiger partial charge < -0.3 is 9.69 Å². The fourth-order valence-electron chi connectivity index (χ4n) is 1.03. The lowest BCUT2D eigenvalue weighted by atomic mass is 10.2. The zero-order valence-corrected chi connectivity index (χ0v) is 8.52. The summed E-state index contributed by atoms with van der Waals surface area (Å²) < 4.78 is 35.4. The maximum atomic E-state index is 11.8. The molecule has 0 aliphatic heterocycles. The van der Waals surface area contributed by atoms with Crippen LogP contribution in [0.5, 0.6) is 0 Å². The maximum Gasteiger partial charge on any atom is 0.390 e. The molecule has 0 bridgehead atoms. The Kier molecular flexibility index (Phi) is 5.76. The zero-order valence-electron chi connectivity index (χ0n) is 8.52. The van der Waals surface area contributed by atoms with Gasteiger partial charge in [0.15, 0.2) is 0 Å². The van der Waals surface area contributed by atoms with Gasteiger partial charge in [-0.2, -0.15) is 13.2 Å². The van der Waals surface area contributed by atoms with Crippen LogP contribution in [-0.2, 0) is 4.79 Å². The fourth-order valence-corrected chi connectivity index (χ4v) is 1.03. The average Bonchev–Trinajstić information content (AvgIpc) is 1.99. The van der Waals surface area contributed by atoms with Gasteiger partial charge in [0.2, 0.25) is 0 Å². The second-order valence-electron chi connectivity index (χ2n) is 3.47. The van der Waals surface area contributed by atoms with Crippen LogP contribution < -0.4 is 0 Å². The summed E-state index contributed by atoms with van der Waals surface area (Å²) in [5.74, 6) is 0.0780. The summed E-state index contributed by atoms with van der Waals surface area (Å²) in [6, 6.07) is 0. The van der Waals surface area contributed by atoms with Gasteiger partial charge in [-0.15, -0.1) is 0 Å². The molecule has 0 spiro atoms. The molecule has 0 radical (unpaired) electrons. The minimum absolute atomic E-state index is 0.00139. The van der Waals surface area contributed by atoms with Gasteiger partial charge in [-0.05, 0) is 26.9 Å². The van der Waals surface area contributed by atoms with Crippen molar-refractivity contribution < 1.29 is 18.0 Å². The second-order valence-corrected chi connectivity index (χ2v) is 3.47. The Morgan fingerprint density at radius 2 is 1.86 bits per heavy atom. The van der Waals surface area contributed by atoms with E-state index in [1.165, 1.54) is 6.92 Å². The Labute approximate surface area is 82.1 Å². The maximum absolute atomic E-state index is 11.8. The molecule has 14 heavy (non-hydrogen) atoms. The van der Waals surface area contributed by atoms with E-state index in [-0.39, 0.29) is 12.3 Å². The molecule has 0 atom stereocenters. The van der Waals surface area contributed by atoms with Gasteiger partial charge in [0.1, 0.15) is 5.78 Å². The van der Waals surface area contributed by atoms with Crippen LogP contribution in [-0.4, -0.2) is 37.0 Å². The number of hydrogen-bond donors (Lipinski definition) is 0. The Bertz CT molecular complexity index is 179. The first-order valence-corrected chi connectivity index (χ1v) is 4.56. The summed E-state index contributed by atoms with van der Waals surface area (Å²) in [7, 11) is 1.63. The lowest BCUT2D eigenvalue weighted by Gasteiger charge is -2.16. The summed E-state index contributed by atoms with van der Waals surface area (Å²) >= 11 is 0. The van der Waals surface area contributed by atoms with Crippen LogP contribution in [0.2, 0.25) is 0 Å². The first-order chi connectivity index (χ1) is 6.31. The average molecular weight is 211 g/mol. The van der Waals surface area contributed by atoms with Crippen molar-refractivity contribution >= 4 is 5.78 Å². The molecular formula is C9H16F3NO. The van der Waals surface area contributed by atoms with E-state index in [0.717, 1.165) is 0 Å². The molecule has 0 aromatic heterocycles. The van der Waals surface area contributed by atoms with Gasteiger partial charge in [-0.25, -0.2) is 0 Å². The molecule has 0 aromatic rings. The molecule has 0 saturated carbocycles. The van der Waals surface area contributed by atoms with E-state index in [9.17, 15) is 18.0 Å². The summed E-state index contributed by atoms with van der Waals surface area (Å²) in [6.45, 7) is 2.02. The van der Waals surface area contributed by atoms with Crippen molar-refractivity contribution in [2.24, 2.45) is 0 Å². The van der Waals surface area contributed by atoms with Crippen molar-refractivity contribution in [1.82, 2.24) is 4.90 Å². The van der Waals surface area contributed by atoms with Crippen LogP contribution in [0, 0.1) is 0 Å². The van der Waals surface area contributed by atoms with Crippen LogP contribution >= 0.6 is 0 Å². The third-order valence-electron chi connectivity index (χ3n) is 1.85. The van der Waals surface area contributed by atoms with Crippen molar-refractivity contribution in [3.8, 4) is 0 Å². The van der Waals surface area contributed by atoms with Crippen LogP contribution in [0.25, 0.3) is 0 Å². The number of rotatable bonds is 6. The SMILES string of the molecule is CC(=O)CCCN(C)CCC(F)(F)F. The highest BCUT2D eigenvalue weighted by Gasteiger charge is 2.26. The van der Waals surface area contributed by atoms with E-state index in [0.29, 0.717) is 19.4 Å². The first kappa shape index (κ1) is 13.4. The molecule has 0 aromatic carbocycles. The highest BCUT2D eigenvalue weighted by molar-refractivity contribution is 5.75. The predicted octanol–water partition coefficient (Wildman–Crippen LogP) is 2.24. The Balaban J connectivity index is 3.46. The number of carbonyl (C=O) groups excluding carboxylic acids is 1. The number of halogens is 3. The van der Waals surface area contributed by atoms with Crippen LogP contribution in [0.15, 0.2) is 0 Å². The van der Waals surface area contributed by atoms with Crippen molar-refractivity contribution in [2.45, 2.75) is 32.4 Å². The molecule has 0 unspecified atom stereocenters. The van der Waals surface area contributed by atoms with Gasteiger partial charge in [0.05, 0.1) is 6.42 Å².